The molecule has 1 amide bonds. The Morgan fingerprint density at radius 3 is 2.18 bits per heavy atom. The van der Waals surface area contributed by atoms with E-state index in [1.807, 2.05) is 56.3 Å². The number of amides is 1. The SMILES string of the molecule is CC.COCCN(CCCOc1ccc(C2c3[nH]c4ccc(Cl)cc4c3CCN2C(=O)Oc2ccc(Cl)cc2)cc1)CCOC. The Labute approximate surface area is 276 Å². The highest BCUT2D eigenvalue weighted by molar-refractivity contribution is 6.31. The molecular formula is C35H43Cl2N3O5. The van der Waals surface area contributed by atoms with Crippen molar-refractivity contribution < 1.29 is 23.7 Å². The standard InChI is InChI=1S/C33H37Cl2N3O5.C2H6/c1-40-20-17-37(18-21-41-2)15-3-19-42-26-9-4-23(5-10-26)32-31-28(29-22-25(35)8-13-30(29)36-31)14-16-38(32)33(39)43-27-11-6-24(34)7-12-27;1-2/h4-13,22,32,36H,3,14-21H2,1-2H3;1-2H3. The minimum atomic E-state index is -0.429. The van der Waals surface area contributed by atoms with Gasteiger partial charge >= 0.3 is 6.09 Å². The Balaban J connectivity index is 0.00000226. The number of carbonyl (C=O) groups is 1. The summed E-state index contributed by atoms with van der Waals surface area (Å²) in [6.45, 7) is 9.05. The van der Waals surface area contributed by atoms with E-state index >= 15 is 0 Å². The van der Waals surface area contributed by atoms with Gasteiger partial charge in [-0.15, -0.1) is 0 Å². The first kappa shape index (κ1) is 34.6. The summed E-state index contributed by atoms with van der Waals surface area (Å²) in [5.74, 6) is 1.22. The predicted octanol–water partition coefficient (Wildman–Crippen LogP) is 8.01. The van der Waals surface area contributed by atoms with E-state index in [1.165, 1.54) is 0 Å². The molecule has 1 aromatic heterocycles. The van der Waals surface area contributed by atoms with E-state index in [1.54, 1.807) is 43.4 Å². The monoisotopic (exact) mass is 655 g/mol. The summed E-state index contributed by atoms with van der Waals surface area (Å²) >= 11 is 12.4. The number of H-pyrrole nitrogens is 1. The number of nitrogens with zero attached hydrogens (tertiary/aromatic N) is 2. The van der Waals surface area contributed by atoms with E-state index in [-0.39, 0.29) is 6.04 Å². The van der Waals surface area contributed by atoms with Crippen LogP contribution < -0.4 is 9.47 Å². The number of fused-ring (bicyclic) bond motifs is 3. The summed E-state index contributed by atoms with van der Waals surface area (Å²) in [5, 5.41) is 2.33. The van der Waals surface area contributed by atoms with E-state index in [9.17, 15) is 4.79 Å². The number of aromatic amines is 1. The van der Waals surface area contributed by atoms with Crippen LogP contribution >= 0.6 is 23.2 Å². The van der Waals surface area contributed by atoms with Crippen LogP contribution in [-0.2, 0) is 15.9 Å². The molecule has 2 heterocycles. The highest BCUT2D eigenvalue weighted by Crippen LogP contribution is 2.40. The van der Waals surface area contributed by atoms with E-state index in [4.69, 9.17) is 42.1 Å². The van der Waals surface area contributed by atoms with Gasteiger partial charge in [0.05, 0.1) is 19.8 Å². The van der Waals surface area contributed by atoms with Crippen LogP contribution in [0.4, 0.5) is 4.79 Å². The second-order valence-electron chi connectivity index (χ2n) is 10.5. The molecule has 0 saturated heterocycles. The molecule has 5 rings (SSSR count). The Morgan fingerprint density at radius 2 is 1.51 bits per heavy atom. The zero-order valence-electron chi connectivity index (χ0n) is 26.5. The van der Waals surface area contributed by atoms with Crippen molar-refractivity contribution >= 4 is 40.2 Å². The molecule has 242 valence electrons. The second kappa shape index (κ2) is 17.4. The highest BCUT2D eigenvalue weighted by atomic mass is 35.5. The maximum absolute atomic E-state index is 13.5. The Kier molecular flexibility index (Phi) is 13.4. The van der Waals surface area contributed by atoms with Crippen LogP contribution in [-0.4, -0.2) is 81.1 Å². The molecule has 0 saturated carbocycles. The van der Waals surface area contributed by atoms with E-state index in [2.05, 4.69) is 9.88 Å². The molecular weight excluding hydrogens is 613 g/mol. The first-order valence-electron chi connectivity index (χ1n) is 15.4. The van der Waals surface area contributed by atoms with Crippen LogP contribution in [0.25, 0.3) is 10.9 Å². The summed E-state index contributed by atoms with van der Waals surface area (Å²) in [4.78, 5) is 21.2. The molecule has 8 nitrogen and oxygen atoms in total. The third kappa shape index (κ3) is 9.15. The number of hydrogen-bond donors (Lipinski definition) is 1. The lowest BCUT2D eigenvalue weighted by atomic mass is 9.92. The van der Waals surface area contributed by atoms with Crippen molar-refractivity contribution in [3.63, 3.8) is 0 Å². The Hall–Kier alpha value is -3.27. The third-order valence-electron chi connectivity index (χ3n) is 7.65. The summed E-state index contributed by atoms with van der Waals surface area (Å²) in [6, 6.07) is 20.2. The van der Waals surface area contributed by atoms with Crippen LogP contribution in [0.2, 0.25) is 10.0 Å². The summed E-state index contributed by atoms with van der Waals surface area (Å²) in [6.07, 6.45) is 1.12. The van der Waals surface area contributed by atoms with E-state index < -0.39 is 6.09 Å². The second-order valence-corrected chi connectivity index (χ2v) is 11.3. The van der Waals surface area contributed by atoms with Gasteiger partial charge in [0, 0.05) is 67.0 Å². The number of aromatic nitrogens is 1. The van der Waals surface area contributed by atoms with Crippen LogP contribution in [0, 0.1) is 0 Å². The van der Waals surface area contributed by atoms with Gasteiger partial charge in [-0.1, -0.05) is 49.2 Å². The summed E-state index contributed by atoms with van der Waals surface area (Å²) < 4.78 is 22.3. The van der Waals surface area contributed by atoms with Crippen LogP contribution in [0.1, 0.15) is 43.1 Å². The minimum absolute atomic E-state index is 0.376. The molecule has 1 aliphatic rings. The molecule has 0 radical (unpaired) electrons. The first-order valence-corrected chi connectivity index (χ1v) is 16.2. The van der Waals surface area contributed by atoms with Crippen molar-refractivity contribution in [3.8, 4) is 11.5 Å². The zero-order chi connectivity index (χ0) is 32.2. The molecule has 4 aromatic rings. The largest absolute Gasteiger partial charge is 0.494 e. The highest BCUT2D eigenvalue weighted by Gasteiger charge is 2.35. The van der Waals surface area contributed by atoms with Gasteiger partial charge in [0.2, 0.25) is 0 Å². The van der Waals surface area contributed by atoms with Crippen molar-refractivity contribution in [1.82, 2.24) is 14.8 Å². The topological polar surface area (TPSA) is 76.3 Å². The van der Waals surface area contributed by atoms with Gasteiger partial charge in [0.15, 0.2) is 0 Å². The molecule has 0 spiro atoms. The van der Waals surface area contributed by atoms with E-state index in [0.29, 0.717) is 48.6 Å². The van der Waals surface area contributed by atoms with Gasteiger partial charge in [0.25, 0.3) is 0 Å². The third-order valence-corrected chi connectivity index (χ3v) is 8.14. The van der Waals surface area contributed by atoms with Crippen molar-refractivity contribution in [2.24, 2.45) is 0 Å². The lowest BCUT2D eigenvalue weighted by molar-refractivity contribution is 0.110. The quantitative estimate of drug-likeness (QED) is 0.147. The van der Waals surface area contributed by atoms with Gasteiger partial charge in [-0.25, -0.2) is 4.79 Å². The van der Waals surface area contributed by atoms with E-state index in [0.717, 1.165) is 59.5 Å². The maximum atomic E-state index is 13.5. The predicted molar refractivity (Wildman–Crippen MR) is 181 cm³/mol. The number of ether oxygens (including phenoxy) is 4. The Bertz CT molecular complexity index is 1490. The zero-order valence-corrected chi connectivity index (χ0v) is 28.0. The van der Waals surface area contributed by atoms with Gasteiger partial charge in [0.1, 0.15) is 17.5 Å². The number of hydrogen-bond acceptors (Lipinski definition) is 6. The lowest BCUT2D eigenvalue weighted by Gasteiger charge is -2.35. The fourth-order valence-electron chi connectivity index (χ4n) is 5.47. The molecule has 45 heavy (non-hydrogen) atoms. The van der Waals surface area contributed by atoms with Crippen molar-refractivity contribution in [2.45, 2.75) is 32.7 Å². The number of halogens is 2. The van der Waals surface area contributed by atoms with Gasteiger partial charge in [-0.3, -0.25) is 9.80 Å². The molecule has 10 heteroatoms. The number of methoxy groups -OCH3 is 2. The van der Waals surface area contributed by atoms with Crippen LogP contribution in [0.15, 0.2) is 66.7 Å². The molecule has 0 bridgehead atoms. The fourth-order valence-corrected chi connectivity index (χ4v) is 5.76. The molecule has 1 aliphatic heterocycles. The number of benzene rings is 3. The maximum Gasteiger partial charge on any atom is 0.416 e. The number of rotatable bonds is 13. The molecule has 1 unspecified atom stereocenters. The van der Waals surface area contributed by atoms with Crippen LogP contribution in [0.5, 0.6) is 11.5 Å². The lowest BCUT2D eigenvalue weighted by Crippen LogP contribution is -2.42. The van der Waals surface area contributed by atoms with Gasteiger partial charge < -0.3 is 23.9 Å². The first-order chi connectivity index (χ1) is 22.0. The average molecular weight is 657 g/mol. The van der Waals surface area contributed by atoms with Crippen molar-refractivity contribution in [1.29, 1.82) is 0 Å². The fraction of sp³-hybridized carbons (Fsp3) is 0.400. The van der Waals surface area contributed by atoms with Gasteiger partial charge in [-0.05, 0) is 78.6 Å². The number of carbonyl (C=O) groups excluding carboxylic acids is 1. The molecule has 1 N–H and O–H groups in total. The minimum Gasteiger partial charge on any atom is -0.494 e. The average Bonchev–Trinajstić information content (AvgIpc) is 3.43. The molecule has 0 aliphatic carbocycles. The summed E-state index contributed by atoms with van der Waals surface area (Å²) in [7, 11) is 3.43. The summed E-state index contributed by atoms with van der Waals surface area (Å²) in [5.41, 5.74) is 4.05. The molecule has 0 fully saturated rings. The van der Waals surface area contributed by atoms with Crippen molar-refractivity contribution in [3.05, 3.63) is 93.6 Å². The smallest absolute Gasteiger partial charge is 0.416 e. The number of nitrogens with one attached hydrogen (secondary N) is 1. The van der Waals surface area contributed by atoms with Crippen molar-refractivity contribution in [2.75, 3.05) is 60.2 Å². The normalized spacial score (nSPS) is 14.2. The Morgan fingerprint density at radius 1 is 0.867 bits per heavy atom. The van der Waals surface area contributed by atoms with Crippen LogP contribution in [0.3, 0.4) is 0 Å². The van der Waals surface area contributed by atoms with Gasteiger partial charge in [-0.2, -0.15) is 0 Å². The molecule has 1 atom stereocenters. The molecule has 3 aromatic carbocycles.